The lowest BCUT2D eigenvalue weighted by Gasteiger charge is -2.16. The third kappa shape index (κ3) is 11.0. The van der Waals surface area contributed by atoms with Crippen molar-refractivity contribution in [1.29, 1.82) is 5.41 Å². The minimum Gasteiger partial charge on any atom is -0.490 e. The number of aliphatic hydroxyl groups is 2. The maximum Gasteiger partial charge on any atom is 0.149 e. The number of aromatic nitrogens is 3. The normalized spacial score (nSPS) is 9.92. The highest BCUT2D eigenvalue weighted by atomic mass is 16.5. The van der Waals surface area contributed by atoms with Crippen LogP contribution in [0.25, 0.3) is 11.3 Å². The molecule has 0 amide bonds. The van der Waals surface area contributed by atoms with Crippen LogP contribution in [-0.4, -0.2) is 58.3 Å². The first-order valence-corrected chi connectivity index (χ1v) is 12.3. The number of methoxy groups -OCH3 is 1. The fourth-order valence-electron chi connectivity index (χ4n) is 2.82. The second-order valence-electron chi connectivity index (χ2n) is 7.75. The van der Waals surface area contributed by atoms with E-state index in [0.717, 1.165) is 23.4 Å². The molecule has 0 aliphatic rings. The third-order valence-corrected chi connectivity index (χ3v) is 4.48. The average molecular weight is 513 g/mol. The summed E-state index contributed by atoms with van der Waals surface area (Å²) >= 11 is 0. The van der Waals surface area contributed by atoms with Crippen molar-refractivity contribution in [3.63, 3.8) is 0 Å². The highest BCUT2D eigenvalue weighted by Crippen LogP contribution is 2.33. The fourth-order valence-corrected chi connectivity index (χ4v) is 2.82. The third-order valence-electron chi connectivity index (χ3n) is 4.48. The van der Waals surface area contributed by atoms with E-state index in [-0.39, 0.29) is 6.61 Å². The fraction of sp³-hybridized carbons (Fsp3) is 0.407. The van der Waals surface area contributed by atoms with E-state index < -0.39 is 0 Å². The number of anilines is 2. The van der Waals surface area contributed by atoms with Crippen LogP contribution in [0.3, 0.4) is 0 Å². The molecule has 202 valence electrons. The number of pyridine rings is 1. The molecule has 0 bridgehead atoms. The molecule has 0 unspecified atom stereocenters. The Hall–Kier alpha value is -3.44. The summed E-state index contributed by atoms with van der Waals surface area (Å²) in [5.41, 5.74) is 9.59. The van der Waals surface area contributed by atoms with Crippen molar-refractivity contribution in [2.24, 2.45) is 5.73 Å². The molecule has 0 spiro atoms. The zero-order chi connectivity index (χ0) is 27.5. The quantitative estimate of drug-likeness (QED) is 0.188. The molecule has 37 heavy (non-hydrogen) atoms. The summed E-state index contributed by atoms with van der Waals surface area (Å²) in [6, 6.07) is 9.33. The number of nitrogens with zero attached hydrogens (tertiary/aromatic N) is 3. The molecule has 0 aliphatic heterocycles. The highest BCUT2D eigenvalue weighted by molar-refractivity contribution is 5.93. The summed E-state index contributed by atoms with van der Waals surface area (Å²) in [6.45, 7) is 7.35. The minimum atomic E-state index is -0.221. The zero-order valence-corrected chi connectivity index (χ0v) is 22.2. The second-order valence-corrected chi connectivity index (χ2v) is 7.75. The first-order valence-electron chi connectivity index (χ1n) is 12.3. The van der Waals surface area contributed by atoms with Crippen molar-refractivity contribution < 1.29 is 19.7 Å². The molecule has 2 aromatic heterocycles. The second kappa shape index (κ2) is 18.8. The van der Waals surface area contributed by atoms with Gasteiger partial charge in [-0.1, -0.05) is 33.3 Å². The van der Waals surface area contributed by atoms with Gasteiger partial charge in [0, 0.05) is 32.0 Å². The van der Waals surface area contributed by atoms with Crippen LogP contribution < -0.4 is 15.8 Å². The molecule has 0 saturated heterocycles. The minimum absolute atomic E-state index is 0.221. The summed E-state index contributed by atoms with van der Waals surface area (Å²) in [7, 11) is 1.60. The van der Waals surface area contributed by atoms with Crippen LogP contribution in [0.15, 0.2) is 42.7 Å². The van der Waals surface area contributed by atoms with E-state index in [0.29, 0.717) is 54.9 Å². The maximum absolute atomic E-state index is 9.32. The molecule has 0 radical (unpaired) electrons. The van der Waals surface area contributed by atoms with E-state index in [1.54, 1.807) is 7.11 Å². The number of nitrogens with two attached hydrogens (primary N) is 1. The Bertz CT molecular complexity index is 1060. The van der Waals surface area contributed by atoms with Gasteiger partial charge < -0.3 is 36.1 Å². The first-order chi connectivity index (χ1) is 18.0. The van der Waals surface area contributed by atoms with Crippen molar-refractivity contribution in [3.8, 4) is 17.0 Å². The number of ether oxygens (including phenoxy) is 2. The van der Waals surface area contributed by atoms with Gasteiger partial charge in [0.25, 0.3) is 0 Å². The van der Waals surface area contributed by atoms with Gasteiger partial charge in [-0.05, 0) is 30.7 Å². The Morgan fingerprint density at radius 2 is 1.78 bits per heavy atom. The number of benzene rings is 1. The molecule has 0 atom stereocenters. The summed E-state index contributed by atoms with van der Waals surface area (Å²) in [5.74, 6) is 0.946. The summed E-state index contributed by atoms with van der Waals surface area (Å²) < 4.78 is 10.9. The monoisotopic (exact) mass is 512 g/mol. The van der Waals surface area contributed by atoms with Crippen molar-refractivity contribution in [1.82, 2.24) is 15.0 Å². The standard InChI is InChI=1S/C21H24N6O3.C3H8O.C3H8/c1-29-5-6-30-20-8-14(18-4-2-3-15(9-22)25-18)7-19(17(20)10-23)27-21-12-24-11-16(13-28)26-21;1-2-3-4;1-3-2/h2-4,7-8,10-12,23,28H,5-6,9,13,22H2,1H3,(H,26,27);4H,2-3H2,1H3;3H2,1-2H3. The van der Waals surface area contributed by atoms with Gasteiger partial charge in [-0.15, -0.1) is 0 Å². The molecule has 1 aromatic carbocycles. The van der Waals surface area contributed by atoms with Crippen LogP contribution in [0.5, 0.6) is 5.75 Å². The topological polar surface area (TPSA) is 159 Å². The average Bonchev–Trinajstić information content (AvgIpc) is 2.93. The van der Waals surface area contributed by atoms with Gasteiger partial charge in [-0.3, -0.25) is 9.97 Å². The molecular formula is C27H40N6O4. The molecule has 3 aromatic rings. The Kier molecular flexibility index (Phi) is 16.0. The molecule has 2 heterocycles. The predicted octanol–water partition coefficient (Wildman–Crippen LogP) is 4.06. The van der Waals surface area contributed by atoms with Gasteiger partial charge in [-0.25, -0.2) is 4.98 Å². The van der Waals surface area contributed by atoms with Crippen LogP contribution in [0, 0.1) is 5.41 Å². The predicted molar refractivity (Wildman–Crippen MR) is 147 cm³/mol. The van der Waals surface area contributed by atoms with E-state index in [1.165, 1.54) is 25.0 Å². The van der Waals surface area contributed by atoms with Crippen LogP contribution >= 0.6 is 0 Å². The Balaban J connectivity index is 0.000000873. The van der Waals surface area contributed by atoms with Gasteiger partial charge in [0.1, 0.15) is 18.2 Å². The zero-order valence-electron chi connectivity index (χ0n) is 22.2. The molecule has 0 saturated carbocycles. The molecule has 10 heteroatoms. The van der Waals surface area contributed by atoms with Gasteiger partial charge in [0.15, 0.2) is 0 Å². The van der Waals surface area contributed by atoms with E-state index in [2.05, 4.69) is 34.1 Å². The molecule has 10 nitrogen and oxygen atoms in total. The van der Waals surface area contributed by atoms with E-state index in [1.807, 2.05) is 37.3 Å². The van der Waals surface area contributed by atoms with Crippen molar-refractivity contribution in [2.75, 3.05) is 32.2 Å². The number of rotatable bonds is 11. The van der Waals surface area contributed by atoms with Crippen LogP contribution in [0.1, 0.15) is 50.6 Å². The lowest BCUT2D eigenvalue weighted by atomic mass is 10.0. The Labute approximate surface area is 219 Å². The van der Waals surface area contributed by atoms with Crippen LogP contribution in [0.4, 0.5) is 11.5 Å². The Morgan fingerprint density at radius 1 is 1.05 bits per heavy atom. The SMILES string of the molecule is CCC.CCCO.COCCOc1cc(-c2cccc(CN)n2)cc(Nc2cncc(CO)n2)c1C=N. The van der Waals surface area contributed by atoms with Crippen LogP contribution in [-0.2, 0) is 17.9 Å². The lowest BCUT2D eigenvalue weighted by Crippen LogP contribution is -2.08. The molecule has 0 fully saturated rings. The highest BCUT2D eigenvalue weighted by Gasteiger charge is 2.14. The molecule has 6 N–H and O–H groups in total. The van der Waals surface area contributed by atoms with Crippen molar-refractivity contribution >= 4 is 17.7 Å². The molecule has 0 aliphatic carbocycles. The van der Waals surface area contributed by atoms with Crippen LogP contribution in [0.2, 0.25) is 0 Å². The van der Waals surface area contributed by atoms with E-state index >= 15 is 0 Å². The maximum atomic E-state index is 9.32. The number of aliphatic hydroxyl groups excluding tert-OH is 2. The number of hydrogen-bond acceptors (Lipinski definition) is 10. The largest absolute Gasteiger partial charge is 0.490 e. The summed E-state index contributed by atoms with van der Waals surface area (Å²) in [6.07, 6.45) is 6.36. The first kappa shape index (κ1) is 31.6. The van der Waals surface area contributed by atoms with Crippen molar-refractivity contribution in [3.05, 3.63) is 59.7 Å². The van der Waals surface area contributed by atoms with Gasteiger partial charge >= 0.3 is 0 Å². The summed E-state index contributed by atoms with van der Waals surface area (Å²) in [5, 5.41) is 28.3. The Morgan fingerprint density at radius 3 is 2.38 bits per heavy atom. The number of hydrogen-bond donors (Lipinski definition) is 5. The van der Waals surface area contributed by atoms with E-state index in [9.17, 15) is 5.11 Å². The molecular weight excluding hydrogens is 472 g/mol. The van der Waals surface area contributed by atoms with Crippen molar-refractivity contribution in [2.45, 2.75) is 46.8 Å². The smallest absolute Gasteiger partial charge is 0.149 e. The lowest BCUT2D eigenvalue weighted by molar-refractivity contribution is 0.146. The van der Waals surface area contributed by atoms with Gasteiger partial charge in [-0.2, -0.15) is 0 Å². The number of nitrogens with one attached hydrogen (secondary N) is 2. The summed E-state index contributed by atoms with van der Waals surface area (Å²) in [4.78, 5) is 13.0. The van der Waals surface area contributed by atoms with Gasteiger partial charge in [0.2, 0.25) is 0 Å². The molecule has 3 rings (SSSR count). The van der Waals surface area contributed by atoms with Gasteiger partial charge in [0.05, 0.1) is 53.9 Å². The van der Waals surface area contributed by atoms with E-state index in [4.69, 9.17) is 25.7 Å².